The van der Waals surface area contributed by atoms with Crippen LogP contribution in [0.4, 0.5) is 0 Å². The number of hydrogen-bond acceptors (Lipinski definition) is 2. The highest BCUT2D eigenvalue weighted by atomic mass is 32.1. The van der Waals surface area contributed by atoms with Crippen molar-refractivity contribution in [2.45, 2.75) is 20.4 Å². The zero-order valence-electron chi connectivity index (χ0n) is 10.9. The van der Waals surface area contributed by atoms with E-state index < -0.39 is 0 Å². The van der Waals surface area contributed by atoms with E-state index in [0.29, 0.717) is 0 Å². The first kappa shape index (κ1) is 13.1. The number of nitrogens with one attached hydrogen (secondary N) is 1. The van der Waals surface area contributed by atoms with Crippen molar-refractivity contribution in [3.8, 4) is 11.1 Å². The first-order valence-electron chi connectivity index (χ1n) is 6.22. The molecule has 0 amide bonds. The van der Waals surface area contributed by atoms with E-state index in [1.165, 1.54) is 21.6 Å². The molecule has 1 heterocycles. The molecule has 0 fully saturated rings. The van der Waals surface area contributed by atoms with Crippen LogP contribution in [0.1, 0.15) is 18.7 Å². The van der Waals surface area contributed by atoms with E-state index in [1.54, 1.807) is 0 Å². The predicted octanol–water partition coefficient (Wildman–Crippen LogP) is 4.47. The van der Waals surface area contributed by atoms with Crippen molar-refractivity contribution in [2.24, 2.45) is 0 Å². The van der Waals surface area contributed by atoms with Crippen LogP contribution < -0.4 is 5.32 Å². The standard InChI is InChI=1S/C16H19NS/c1-13(2)8-9-17-11-16-10-15(12-18-16)14-6-4-3-5-7-14/h3-8,10,12,17H,9,11H2,1-2H3. The summed E-state index contributed by atoms with van der Waals surface area (Å²) in [7, 11) is 0. The summed E-state index contributed by atoms with van der Waals surface area (Å²) in [6, 6.07) is 12.8. The first-order valence-corrected chi connectivity index (χ1v) is 7.10. The van der Waals surface area contributed by atoms with E-state index in [1.807, 2.05) is 11.3 Å². The molecule has 0 aliphatic carbocycles. The predicted molar refractivity (Wildman–Crippen MR) is 80.9 cm³/mol. The number of rotatable bonds is 5. The Morgan fingerprint density at radius 2 is 1.94 bits per heavy atom. The minimum atomic E-state index is 0.945. The summed E-state index contributed by atoms with van der Waals surface area (Å²) in [5, 5.41) is 5.66. The molecule has 94 valence electrons. The molecular formula is C16H19NS. The van der Waals surface area contributed by atoms with Gasteiger partial charge in [-0.3, -0.25) is 0 Å². The highest BCUT2D eigenvalue weighted by Gasteiger charge is 2.01. The largest absolute Gasteiger partial charge is 0.308 e. The van der Waals surface area contributed by atoms with Gasteiger partial charge in [0.05, 0.1) is 0 Å². The van der Waals surface area contributed by atoms with Gasteiger partial charge in [-0.15, -0.1) is 11.3 Å². The highest BCUT2D eigenvalue weighted by molar-refractivity contribution is 7.10. The van der Waals surface area contributed by atoms with E-state index >= 15 is 0 Å². The minimum absolute atomic E-state index is 0.945. The molecule has 0 aliphatic rings. The molecule has 1 nitrogen and oxygen atoms in total. The molecule has 0 atom stereocenters. The van der Waals surface area contributed by atoms with Crippen molar-refractivity contribution in [1.29, 1.82) is 0 Å². The van der Waals surface area contributed by atoms with E-state index in [9.17, 15) is 0 Å². The molecule has 0 aliphatic heterocycles. The number of allylic oxidation sites excluding steroid dienone is 1. The molecule has 2 heteroatoms. The Labute approximate surface area is 113 Å². The summed E-state index contributed by atoms with van der Waals surface area (Å²) >= 11 is 1.82. The average molecular weight is 257 g/mol. The smallest absolute Gasteiger partial charge is 0.0302 e. The third-order valence-corrected chi connectivity index (χ3v) is 3.65. The fraction of sp³-hybridized carbons (Fsp3) is 0.250. The van der Waals surface area contributed by atoms with Crippen molar-refractivity contribution < 1.29 is 0 Å². The van der Waals surface area contributed by atoms with Gasteiger partial charge < -0.3 is 5.32 Å². The average Bonchev–Trinajstić information content (AvgIpc) is 2.84. The Hall–Kier alpha value is -1.38. The van der Waals surface area contributed by atoms with Gasteiger partial charge in [-0.1, -0.05) is 42.0 Å². The van der Waals surface area contributed by atoms with Crippen LogP contribution in [0.15, 0.2) is 53.4 Å². The summed E-state index contributed by atoms with van der Waals surface area (Å²) in [5.74, 6) is 0. The number of benzene rings is 1. The Balaban J connectivity index is 1.93. The lowest BCUT2D eigenvalue weighted by Crippen LogP contribution is -2.11. The van der Waals surface area contributed by atoms with Crippen molar-refractivity contribution in [3.63, 3.8) is 0 Å². The fourth-order valence-corrected chi connectivity index (χ4v) is 2.59. The normalized spacial score (nSPS) is 10.3. The van der Waals surface area contributed by atoms with Gasteiger partial charge in [0, 0.05) is 18.0 Å². The van der Waals surface area contributed by atoms with E-state index in [0.717, 1.165) is 13.1 Å². The summed E-state index contributed by atoms with van der Waals surface area (Å²) < 4.78 is 0. The second kappa shape index (κ2) is 6.53. The summed E-state index contributed by atoms with van der Waals surface area (Å²) in [5.41, 5.74) is 3.97. The molecule has 18 heavy (non-hydrogen) atoms. The molecule has 0 saturated heterocycles. The molecular weight excluding hydrogens is 238 g/mol. The molecule has 2 rings (SSSR count). The summed E-state index contributed by atoms with van der Waals surface area (Å²) in [4.78, 5) is 1.39. The van der Waals surface area contributed by atoms with Crippen molar-refractivity contribution in [1.82, 2.24) is 5.32 Å². The van der Waals surface area contributed by atoms with Crippen LogP contribution >= 0.6 is 11.3 Å². The van der Waals surface area contributed by atoms with E-state index in [4.69, 9.17) is 0 Å². The molecule has 1 aromatic heterocycles. The van der Waals surface area contributed by atoms with Gasteiger partial charge in [0.1, 0.15) is 0 Å². The second-order valence-corrected chi connectivity index (χ2v) is 5.58. The van der Waals surface area contributed by atoms with Gasteiger partial charge >= 0.3 is 0 Å². The van der Waals surface area contributed by atoms with Crippen LogP contribution in [-0.2, 0) is 6.54 Å². The van der Waals surface area contributed by atoms with E-state index in [2.05, 4.69) is 67.0 Å². The molecule has 0 radical (unpaired) electrons. The lowest BCUT2D eigenvalue weighted by atomic mass is 10.1. The maximum absolute atomic E-state index is 3.43. The summed E-state index contributed by atoms with van der Waals surface area (Å²) in [6.45, 7) is 6.14. The lowest BCUT2D eigenvalue weighted by molar-refractivity contribution is 0.767. The highest BCUT2D eigenvalue weighted by Crippen LogP contribution is 2.25. The van der Waals surface area contributed by atoms with Crippen LogP contribution in [0.5, 0.6) is 0 Å². The van der Waals surface area contributed by atoms with Crippen molar-refractivity contribution in [3.05, 3.63) is 58.3 Å². The Bertz CT molecular complexity index is 507. The minimum Gasteiger partial charge on any atom is -0.308 e. The topological polar surface area (TPSA) is 12.0 Å². The Morgan fingerprint density at radius 1 is 1.17 bits per heavy atom. The van der Waals surface area contributed by atoms with Crippen LogP contribution in [0.25, 0.3) is 11.1 Å². The Kier molecular flexibility index (Phi) is 4.73. The molecule has 1 aromatic carbocycles. The van der Waals surface area contributed by atoms with Gasteiger partial charge in [-0.05, 0) is 36.4 Å². The van der Waals surface area contributed by atoms with Crippen LogP contribution in [0.3, 0.4) is 0 Å². The Morgan fingerprint density at radius 3 is 2.67 bits per heavy atom. The second-order valence-electron chi connectivity index (χ2n) is 4.58. The zero-order valence-corrected chi connectivity index (χ0v) is 11.8. The van der Waals surface area contributed by atoms with Gasteiger partial charge in [-0.2, -0.15) is 0 Å². The lowest BCUT2D eigenvalue weighted by Gasteiger charge is -1.99. The fourth-order valence-electron chi connectivity index (χ4n) is 1.73. The monoisotopic (exact) mass is 257 g/mol. The van der Waals surface area contributed by atoms with Crippen LogP contribution in [0.2, 0.25) is 0 Å². The van der Waals surface area contributed by atoms with Crippen LogP contribution in [0, 0.1) is 0 Å². The molecule has 1 N–H and O–H groups in total. The molecule has 0 unspecified atom stereocenters. The van der Waals surface area contributed by atoms with Gasteiger partial charge in [0.15, 0.2) is 0 Å². The third-order valence-electron chi connectivity index (χ3n) is 2.71. The quantitative estimate of drug-likeness (QED) is 0.615. The third kappa shape index (κ3) is 3.83. The van der Waals surface area contributed by atoms with Crippen LogP contribution in [-0.4, -0.2) is 6.54 Å². The molecule has 2 aromatic rings. The number of hydrogen-bond donors (Lipinski definition) is 1. The first-order chi connectivity index (χ1) is 8.75. The van der Waals surface area contributed by atoms with Gasteiger partial charge in [-0.25, -0.2) is 0 Å². The maximum Gasteiger partial charge on any atom is 0.0302 e. The van der Waals surface area contributed by atoms with Crippen molar-refractivity contribution in [2.75, 3.05) is 6.54 Å². The van der Waals surface area contributed by atoms with Gasteiger partial charge in [0.25, 0.3) is 0 Å². The maximum atomic E-state index is 3.43. The SMILES string of the molecule is CC(C)=CCNCc1cc(-c2ccccc2)cs1. The summed E-state index contributed by atoms with van der Waals surface area (Å²) in [6.07, 6.45) is 2.21. The molecule has 0 bridgehead atoms. The van der Waals surface area contributed by atoms with Gasteiger partial charge in [0.2, 0.25) is 0 Å². The van der Waals surface area contributed by atoms with Crippen molar-refractivity contribution >= 4 is 11.3 Å². The van der Waals surface area contributed by atoms with E-state index in [-0.39, 0.29) is 0 Å². The number of thiophene rings is 1. The molecule has 0 saturated carbocycles. The molecule has 0 spiro atoms. The zero-order chi connectivity index (χ0) is 12.8.